The highest BCUT2D eigenvalue weighted by molar-refractivity contribution is 5.69. The van der Waals surface area contributed by atoms with E-state index in [4.69, 9.17) is 9.47 Å². The van der Waals surface area contributed by atoms with Crippen molar-refractivity contribution in [2.24, 2.45) is 0 Å². The predicted molar refractivity (Wildman–Crippen MR) is 88.8 cm³/mol. The molecule has 1 aromatic rings. The van der Waals surface area contributed by atoms with Crippen molar-refractivity contribution < 1.29 is 19.1 Å². The summed E-state index contributed by atoms with van der Waals surface area (Å²) in [6, 6.07) is 10.1. The Labute approximate surface area is 138 Å². The fraction of sp³-hybridized carbons (Fsp3) is 0.556. The topological polar surface area (TPSA) is 55.8 Å². The summed E-state index contributed by atoms with van der Waals surface area (Å²) in [5.41, 5.74) is 1.19. The lowest BCUT2D eigenvalue weighted by Gasteiger charge is -2.22. The van der Waals surface area contributed by atoms with Crippen molar-refractivity contribution in [2.75, 3.05) is 26.3 Å². The van der Waals surface area contributed by atoms with Gasteiger partial charge in [-0.3, -0.25) is 14.5 Å². The monoisotopic (exact) mass is 321 g/mol. The molecule has 0 aliphatic heterocycles. The van der Waals surface area contributed by atoms with Gasteiger partial charge in [0.25, 0.3) is 0 Å². The number of esters is 2. The predicted octanol–water partition coefficient (Wildman–Crippen LogP) is 2.79. The summed E-state index contributed by atoms with van der Waals surface area (Å²) >= 11 is 0. The standard InChI is InChI=1S/C18H27NO4/c1-3-22-17(20)11-8-13-19(14-12-18(21)23-4-2)15-16-9-6-5-7-10-16/h5-7,9-10H,3-4,8,11-15H2,1-2H3. The van der Waals surface area contributed by atoms with E-state index in [2.05, 4.69) is 17.0 Å². The third-order valence-corrected chi connectivity index (χ3v) is 3.35. The minimum Gasteiger partial charge on any atom is -0.466 e. The molecule has 0 saturated heterocycles. The zero-order valence-electron chi connectivity index (χ0n) is 14.1. The molecule has 0 atom stereocenters. The van der Waals surface area contributed by atoms with Crippen molar-refractivity contribution in [2.45, 2.75) is 39.7 Å². The SMILES string of the molecule is CCOC(=O)CCCN(CCC(=O)OCC)Cc1ccccc1. The van der Waals surface area contributed by atoms with Crippen LogP contribution in [0.5, 0.6) is 0 Å². The van der Waals surface area contributed by atoms with Gasteiger partial charge in [-0.15, -0.1) is 0 Å². The Bertz CT molecular complexity index is 461. The number of benzene rings is 1. The van der Waals surface area contributed by atoms with Crippen LogP contribution in [0.4, 0.5) is 0 Å². The molecule has 1 rings (SSSR count). The third-order valence-electron chi connectivity index (χ3n) is 3.35. The molecule has 0 bridgehead atoms. The first kappa shape index (κ1) is 19.2. The van der Waals surface area contributed by atoms with Gasteiger partial charge >= 0.3 is 11.9 Å². The maximum Gasteiger partial charge on any atom is 0.307 e. The average Bonchev–Trinajstić information content (AvgIpc) is 2.54. The fourth-order valence-corrected chi connectivity index (χ4v) is 2.27. The first-order valence-electron chi connectivity index (χ1n) is 8.23. The second kappa shape index (κ2) is 11.7. The van der Waals surface area contributed by atoms with E-state index >= 15 is 0 Å². The van der Waals surface area contributed by atoms with Crippen LogP contribution in [0.25, 0.3) is 0 Å². The van der Waals surface area contributed by atoms with Gasteiger partial charge in [-0.1, -0.05) is 30.3 Å². The molecule has 0 aliphatic rings. The highest BCUT2D eigenvalue weighted by atomic mass is 16.5. The number of hydrogen-bond donors (Lipinski definition) is 0. The molecule has 0 heterocycles. The quantitative estimate of drug-likeness (QED) is 0.587. The number of carbonyl (C=O) groups is 2. The molecular formula is C18H27NO4. The van der Waals surface area contributed by atoms with Crippen molar-refractivity contribution >= 4 is 11.9 Å². The van der Waals surface area contributed by atoms with Crippen molar-refractivity contribution in [3.8, 4) is 0 Å². The van der Waals surface area contributed by atoms with E-state index in [-0.39, 0.29) is 11.9 Å². The van der Waals surface area contributed by atoms with Crippen molar-refractivity contribution in [1.82, 2.24) is 4.90 Å². The van der Waals surface area contributed by atoms with Crippen LogP contribution in [-0.2, 0) is 25.6 Å². The molecule has 23 heavy (non-hydrogen) atoms. The molecule has 0 amide bonds. The lowest BCUT2D eigenvalue weighted by atomic mass is 10.2. The molecule has 0 aromatic heterocycles. The molecular weight excluding hydrogens is 294 g/mol. The zero-order chi connectivity index (χ0) is 16.9. The fourth-order valence-electron chi connectivity index (χ4n) is 2.27. The van der Waals surface area contributed by atoms with Crippen molar-refractivity contribution in [3.05, 3.63) is 35.9 Å². The molecule has 0 N–H and O–H groups in total. The van der Waals surface area contributed by atoms with E-state index in [1.54, 1.807) is 13.8 Å². The van der Waals surface area contributed by atoms with Crippen LogP contribution in [-0.4, -0.2) is 43.1 Å². The van der Waals surface area contributed by atoms with Crippen LogP contribution < -0.4 is 0 Å². The molecule has 0 fully saturated rings. The van der Waals surface area contributed by atoms with Gasteiger partial charge in [0.2, 0.25) is 0 Å². The van der Waals surface area contributed by atoms with Crippen LogP contribution in [0, 0.1) is 0 Å². The third kappa shape index (κ3) is 8.98. The number of carbonyl (C=O) groups excluding carboxylic acids is 2. The molecule has 5 nitrogen and oxygen atoms in total. The molecule has 0 radical (unpaired) electrons. The summed E-state index contributed by atoms with van der Waals surface area (Å²) in [5.74, 6) is -0.353. The minimum absolute atomic E-state index is 0.169. The summed E-state index contributed by atoms with van der Waals surface area (Å²) in [7, 11) is 0. The first-order chi connectivity index (χ1) is 11.2. The van der Waals surface area contributed by atoms with Crippen LogP contribution in [0.1, 0.15) is 38.7 Å². The largest absolute Gasteiger partial charge is 0.466 e. The average molecular weight is 321 g/mol. The Kier molecular flexibility index (Phi) is 9.71. The van der Waals surface area contributed by atoms with Crippen LogP contribution in [0.3, 0.4) is 0 Å². The summed E-state index contributed by atoms with van der Waals surface area (Å²) in [6.07, 6.45) is 1.48. The van der Waals surface area contributed by atoms with E-state index in [0.717, 1.165) is 13.1 Å². The molecule has 1 aromatic carbocycles. The molecule has 0 spiro atoms. The smallest absolute Gasteiger partial charge is 0.307 e. The van der Waals surface area contributed by atoms with E-state index in [0.29, 0.717) is 39.0 Å². The van der Waals surface area contributed by atoms with Gasteiger partial charge in [0.05, 0.1) is 19.6 Å². The Hall–Kier alpha value is -1.88. The van der Waals surface area contributed by atoms with E-state index in [1.807, 2.05) is 18.2 Å². The first-order valence-corrected chi connectivity index (χ1v) is 8.23. The second-order valence-corrected chi connectivity index (χ2v) is 5.23. The Morgan fingerprint density at radius 2 is 1.52 bits per heavy atom. The van der Waals surface area contributed by atoms with Crippen LogP contribution in [0.2, 0.25) is 0 Å². The summed E-state index contributed by atoms with van der Waals surface area (Å²) < 4.78 is 9.92. The van der Waals surface area contributed by atoms with Crippen LogP contribution >= 0.6 is 0 Å². The minimum atomic E-state index is -0.184. The Morgan fingerprint density at radius 1 is 0.913 bits per heavy atom. The van der Waals surface area contributed by atoms with E-state index < -0.39 is 0 Å². The number of nitrogens with zero attached hydrogens (tertiary/aromatic N) is 1. The van der Waals surface area contributed by atoms with E-state index in [9.17, 15) is 9.59 Å². The maximum absolute atomic E-state index is 11.5. The zero-order valence-corrected chi connectivity index (χ0v) is 14.1. The maximum atomic E-state index is 11.5. The lowest BCUT2D eigenvalue weighted by Crippen LogP contribution is -2.28. The molecule has 0 aliphatic carbocycles. The normalized spacial score (nSPS) is 10.6. The van der Waals surface area contributed by atoms with Gasteiger partial charge in [0.15, 0.2) is 0 Å². The Morgan fingerprint density at radius 3 is 2.13 bits per heavy atom. The van der Waals surface area contributed by atoms with Crippen molar-refractivity contribution in [1.29, 1.82) is 0 Å². The van der Waals surface area contributed by atoms with E-state index in [1.165, 1.54) is 5.56 Å². The number of rotatable bonds is 11. The Balaban J connectivity index is 2.47. The molecule has 0 saturated carbocycles. The highest BCUT2D eigenvalue weighted by Gasteiger charge is 2.11. The van der Waals surface area contributed by atoms with Crippen LogP contribution in [0.15, 0.2) is 30.3 Å². The van der Waals surface area contributed by atoms with Gasteiger partial charge in [-0.2, -0.15) is 0 Å². The highest BCUT2D eigenvalue weighted by Crippen LogP contribution is 2.07. The van der Waals surface area contributed by atoms with Gasteiger partial charge in [0.1, 0.15) is 0 Å². The number of hydrogen-bond acceptors (Lipinski definition) is 5. The molecule has 5 heteroatoms. The van der Waals surface area contributed by atoms with Gasteiger partial charge in [0, 0.05) is 19.5 Å². The van der Waals surface area contributed by atoms with Gasteiger partial charge in [-0.05, 0) is 32.4 Å². The second-order valence-electron chi connectivity index (χ2n) is 5.23. The summed E-state index contributed by atoms with van der Waals surface area (Å²) in [6.45, 7) is 6.54. The van der Waals surface area contributed by atoms with Gasteiger partial charge < -0.3 is 9.47 Å². The molecule has 0 unspecified atom stereocenters. The summed E-state index contributed by atoms with van der Waals surface area (Å²) in [4.78, 5) is 25.1. The van der Waals surface area contributed by atoms with Crippen molar-refractivity contribution in [3.63, 3.8) is 0 Å². The number of ether oxygens (including phenoxy) is 2. The molecule has 128 valence electrons. The summed E-state index contributed by atoms with van der Waals surface area (Å²) in [5, 5.41) is 0. The lowest BCUT2D eigenvalue weighted by molar-refractivity contribution is -0.144. The van der Waals surface area contributed by atoms with Gasteiger partial charge in [-0.25, -0.2) is 0 Å².